The number of hydrogen-bond acceptors (Lipinski definition) is 0. The van der Waals surface area contributed by atoms with E-state index in [2.05, 4.69) is 412 Å². The van der Waals surface area contributed by atoms with Gasteiger partial charge in [0.05, 0.1) is 97.3 Å². The van der Waals surface area contributed by atoms with Crippen LogP contribution in [0.2, 0.25) is 0 Å². The predicted octanol–water partition coefficient (Wildman–Crippen LogP) is 22.1. The maximum absolute atomic E-state index is 7.69. The van der Waals surface area contributed by atoms with Gasteiger partial charge in [0.2, 0.25) is 0 Å². The Bertz CT molecular complexity index is 5320. The van der Waals surface area contributed by atoms with E-state index in [4.69, 9.17) is 25.7 Å². The van der Waals surface area contributed by atoms with E-state index >= 15 is 0 Å². The summed E-state index contributed by atoms with van der Waals surface area (Å²) < 4.78 is 0. The van der Waals surface area contributed by atoms with Crippen molar-refractivity contribution in [1.29, 1.82) is 0 Å². The van der Waals surface area contributed by atoms with E-state index in [0.29, 0.717) is 0 Å². The molecule has 0 bridgehead atoms. The molecule has 0 aliphatic heterocycles. The van der Waals surface area contributed by atoms with Gasteiger partial charge in [-0.25, -0.2) is 0 Å². The van der Waals surface area contributed by atoms with Crippen molar-refractivity contribution in [3.63, 3.8) is 0 Å². The van der Waals surface area contributed by atoms with Crippen LogP contribution in [-0.4, -0.2) is 24.6 Å². The van der Waals surface area contributed by atoms with E-state index in [-0.39, 0.29) is 89.5 Å². The number of fused-ring (bicyclic) bond motifs is 6. The monoisotopic (exact) mass is 2340 g/mol. The van der Waals surface area contributed by atoms with Crippen molar-refractivity contribution < 1.29 is 89.5 Å². The van der Waals surface area contributed by atoms with Crippen LogP contribution >= 0.6 is 31.7 Å². The molecule has 0 spiro atoms. The molecule has 16 aromatic carbocycles. The minimum Gasteiger partial charge on any atom is -0.366 e. The summed E-state index contributed by atoms with van der Waals surface area (Å²) in [6.07, 6.45) is 38.5. The number of hydrogen-bond donors (Lipinski definition) is 0. The number of rotatable bonds is 20. The van der Waals surface area contributed by atoms with Crippen molar-refractivity contribution in [2.24, 2.45) is 0 Å². The van der Waals surface area contributed by atoms with Crippen molar-refractivity contribution in [3.05, 3.63) is 529 Å². The Balaban J connectivity index is 0.000000155. The molecule has 0 radical (unpaired) electrons. The van der Waals surface area contributed by atoms with Crippen LogP contribution in [-0.2, 0) is 100 Å². The molecular weight excluding hydrogens is 2260 g/mol. The standard InChI is InChI=1S/2C29H16.C28H28P2.C26H24P2.4Au/c2*1-3-21-15-17-25-26-18-16-22(4-2)20-28(26)29(27(25)19-21,23-11-7-5-8-12-23)24-13-9-6-10-14-24;1-5-15-25(16-6-1)29(26-17-7-2-8-18-26)23-13-14-24-30(27-19-9-3-10-20-27)28-21-11-4-12-22-28;1-5-13-23(14-6-1)27(24-15-7-2-8-16-24)21-22-28(25-17-9-3-10-18-25)26-19-11-4-12-20-26;;;;/h2*5-20H;1-12,15-22H,13-14,23-24H2;1-20H,21-22H2;;;;/q2*-2;;;4*+1/p+4. The number of unbranched alkanes of at least 4 members (excludes halogenated alkanes) is 1. The van der Waals surface area contributed by atoms with E-state index in [1.54, 1.807) is 0 Å². The molecule has 16 aromatic rings. The van der Waals surface area contributed by atoms with Crippen LogP contribution in [0.25, 0.3) is 22.3 Å². The zero-order valence-corrected chi connectivity index (χ0v) is 78.7. The summed E-state index contributed by atoms with van der Waals surface area (Å²) in [4.78, 5) is 0. The molecular formula is C112H88Au4P4+4. The van der Waals surface area contributed by atoms with Gasteiger partial charge in [-0.2, -0.15) is 0 Å². The maximum atomic E-state index is 7.69. The summed E-state index contributed by atoms with van der Waals surface area (Å²) in [5.74, 6) is 10.2. The molecule has 0 N–H and O–H groups in total. The van der Waals surface area contributed by atoms with Crippen LogP contribution in [0.4, 0.5) is 0 Å². The molecule has 8 heteroatoms. The van der Waals surface area contributed by atoms with Gasteiger partial charge in [-0.1, -0.05) is 291 Å². The van der Waals surface area contributed by atoms with Gasteiger partial charge in [0.1, 0.15) is 12.3 Å². The molecule has 0 heterocycles. The number of benzene rings is 16. The third-order valence-corrected chi connectivity index (χ3v) is 34.3. The van der Waals surface area contributed by atoms with Crippen LogP contribution < -0.4 is 42.4 Å². The van der Waals surface area contributed by atoms with Gasteiger partial charge in [0.15, 0.2) is 0 Å². The van der Waals surface area contributed by atoms with Gasteiger partial charge in [-0.05, 0) is 177 Å². The molecule has 0 unspecified atom stereocenters. The zero-order valence-electron chi connectivity index (χ0n) is 66.0. The first kappa shape index (κ1) is 91.2. The molecule has 120 heavy (non-hydrogen) atoms. The van der Waals surface area contributed by atoms with Crippen molar-refractivity contribution in [3.8, 4) is 45.9 Å². The second-order valence-electron chi connectivity index (χ2n) is 29.1. The SMILES string of the molecule is [Au+].[Au+].[Au+].[Au+].[C-]#Cc1ccc2c(c1)C(c1ccccc1)(c1ccccc1)c1cc(C#[C-])ccc1-2.[C-]#Cc1ccc2c(c1)C(c1ccccc1)(c1ccccc1)c1cc(C#[C-])ccc1-2.c1ccc([PH+](CCCC[PH+](c2ccccc2)c2ccccc2)c2ccccc2)cc1.c1ccc([PH+](CC[PH+](c2ccccc2)c2ccccc2)c2ccccc2)cc1. The van der Waals surface area contributed by atoms with Gasteiger partial charge in [-0.3, -0.25) is 23.7 Å². The van der Waals surface area contributed by atoms with Crippen molar-refractivity contribution in [2.75, 3.05) is 24.6 Å². The summed E-state index contributed by atoms with van der Waals surface area (Å²) in [5.41, 5.74) is 15.8. The molecule has 596 valence electrons. The van der Waals surface area contributed by atoms with Crippen LogP contribution in [0.1, 0.15) is 79.6 Å². The van der Waals surface area contributed by atoms with Gasteiger partial charge in [0.25, 0.3) is 0 Å². The Labute approximate surface area is 779 Å². The molecule has 2 aliphatic rings. The summed E-state index contributed by atoms with van der Waals surface area (Å²) in [7, 11) is -3.00. The van der Waals surface area contributed by atoms with Crippen LogP contribution in [0, 0.1) is 49.4 Å². The van der Waals surface area contributed by atoms with Crippen LogP contribution in [0.5, 0.6) is 0 Å². The van der Waals surface area contributed by atoms with Crippen LogP contribution in [0.15, 0.2) is 437 Å². The Morgan fingerprint density at radius 1 is 0.183 bits per heavy atom. The fraction of sp³-hybridized carbons (Fsp3) is 0.0714. The zero-order chi connectivity index (χ0) is 79.1. The smallest absolute Gasteiger partial charge is 0.366 e. The van der Waals surface area contributed by atoms with Gasteiger partial charge >= 0.3 is 89.5 Å². The summed E-state index contributed by atoms with van der Waals surface area (Å²) in [6.45, 7) is 0. The first-order valence-electron chi connectivity index (χ1n) is 39.8. The third kappa shape index (κ3) is 20.6. The fourth-order valence-corrected chi connectivity index (χ4v) is 28.7. The second-order valence-corrected chi connectivity index (χ2v) is 39.5. The van der Waals surface area contributed by atoms with Crippen molar-refractivity contribution in [1.82, 2.24) is 0 Å². The van der Waals surface area contributed by atoms with E-state index in [1.807, 2.05) is 48.5 Å². The maximum Gasteiger partial charge on any atom is 1.00 e. The van der Waals surface area contributed by atoms with Crippen molar-refractivity contribution >= 4 is 74.1 Å². The normalized spacial score (nSPS) is 11.7. The van der Waals surface area contributed by atoms with Crippen LogP contribution in [0.3, 0.4) is 0 Å². The molecule has 18 rings (SSSR count). The largest absolute Gasteiger partial charge is 1.00 e. The second kappa shape index (κ2) is 45.4. The predicted molar refractivity (Wildman–Crippen MR) is 503 cm³/mol. The quantitative estimate of drug-likeness (QED) is 0.0235. The fourth-order valence-electron chi connectivity index (χ4n) is 17.1. The Morgan fingerprint density at radius 2 is 0.333 bits per heavy atom. The van der Waals surface area contributed by atoms with E-state index < -0.39 is 42.5 Å². The molecule has 0 nitrogen and oxygen atoms in total. The summed E-state index contributed by atoms with van der Waals surface area (Å²) in [5, 5.41) is 12.2. The average Bonchev–Trinajstić information content (AvgIpc) is 1.54. The molecule has 2 aliphatic carbocycles. The van der Waals surface area contributed by atoms with Gasteiger partial charge < -0.3 is 25.7 Å². The molecule has 0 saturated carbocycles. The summed E-state index contributed by atoms with van der Waals surface area (Å²) in [6, 6.07) is 156. The molecule has 0 saturated heterocycles. The van der Waals surface area contributed by atoms with Gasteiger partial charge in [-0.15, -0.1) is 70.8 Å². The average molecular weight is 2350 g/mol. The molecule has 0 atom stereocenters. The minimum absolute atomic E-state index is 0. The minimum atomic E-state index is -0.783. The molecule has 0 amide bonds. The van der Waals surface area contributed by atoms with E-state index in [1.165, 1.54) is 79.9 Å². The van der Waals surface area contributed by atoms with Gasteiger partial charge in [0, 0.05) is 0 Å². The topological polar surface area (TPSA) is 0 Å². The van der Waals surface area contributed by atoms with E-state index in [9.17, 15) is 0 Å². The molecule has 0 aromatic heterocycles. The Kier molecular flexibility index (Phi) is 34.5. The Hall–Kier alpha value is -9.56. The molecule has 0 fully saturated rings. The van der Waals surface area contributed by atoms with E-state index in [0.717, 1.165) is 89.0 Å². The first-order chi connectivity index (χ1) is 57.4. The Morgan fingerprint density at radius 3 is 0.492 bits per heavy atom. The summed E-state index contributed by atoms with van der Waals surface area (Å²) >= 11 is 0. The third-order valence-electron chi connectivity index (χ3n) is 22.4. The van der Waals surface area contributed by atoms with Crippen molar-refractivity contribution in [2.45, 2.75) is 23.7 Å². The first-order valence-corrected chi connectivity index (χ1v) is 46.6.